The van der Waals surface area contributed by atoms with Crippen LogP contribution in [0.1, 0.15) is 64.2 Å². The molecule has 4 heterocycles. The Hall–Kier alpha value is -2.61. The van der Waals surface area contributed by atoms with Crippen LogP contribution in [0.15, 0.2) is 53.6 Å². The van der Waals surface area contributed by atoms with E-state index in [0.29, 0.717) is 5.69 Å². The molecule has 2 aliphatic carbocycles. The molecule has 3 aliphatic heterocycles. The number of carbonyl (C=O) groups excluding carboxylic acids is 1. The number of hydrogen-bond acceptors (Lipinski definition) is 9. The van der Waals surface area contributed by atoms with Crippen molar-refractivity contribution in [2.75, 3.05) is 10.0 Å². The van der Waals surface area contributed by atoms with Crippen LogP contribution in [-0.2, 0) is 38.5 Å². The number of sulfonamides is 1. The van der Waals surface area contributed by atoms with Crippen LogP contribution >= 0.6 is 0 Å². The first kappa shape index (κ1) is 27.2. The molecule has 5 aliphatic rings. The highest BCUT2D eigenvalue weighted by atomic mass is 32.2. The molecule has 2 aromatic rings. The van der Waals surface area contributed by atoms with Gasteiger partial charge in [0.25, 0.3) is 15.9 Å². The van der Waals surface area contributed by atoms with E-state index in [1.807, 2.05) is 0 Å². The number of anilines is 2. The average molecular weight is 586 g/mol. The lowest BCUT2D eigenvalue weighted by Gasteiger charge is -2.36. The van der Waals surface area contributed by atoms with Gasteiger partial charge in [0.1, 0.15) is 24.1 Å². The Balaban J connectivity index is 1.09. The maximum atomic E-state index is 13.7. The molecule has 12 heteroatoms. The van der Waals surface area contributed by atoms with Crippen LogP contribution in [0.2, 0.25) is 0 Å². The Bertz CT molecular complexity index is 1360. The lowest BCUT2D eigenvalue weighted by molar-refractivity contribution is -0.246. The van der Waals surface area contributed by atoms with E-state index in [1.165, 1.54) is 30.5 Å². The van der Waals surface area contributed by atoms with Crippen LogP contribution in [0, 0.1) is 0 Å². The summed E-state index contributed by atoms with van der Waals surface area (Å²) in [6.45, 7) is 0. The van der Waals surface area contributed by atoms with Crippen molar-refractivity contribution in [3.8, 4) is 0 Å². The van der Waals surface area contributed by atoms with E-state index in [1.54, 1.807) is 18.2 Å². The van der Waals surface area contributed by atoms with E-state index in [-0.39, 0.29) is 10.7 Å². The van der Waals surface area contributed by atoms with Gasteiger partial charge in [-0.15, -0.1) is 0 Å². The third-order valence-electron chi connectivity index (χ3n) is 8.70. The normalized spacial score (nSPS) is 31.9. The summed E-state index contributed by atoms with van der Waals surface area (Å²) in [5.41, 5.74) is 0.424. The highest BCUT2D eigenvalue weighted by Gasteiger charge is 2.65. The first-order valence-electron chi connectivity index (χ1n) is 14.6. The first-order valence-corrected chi connectivity index (χ1v) is 16.0. The number of fused-ring (bicyclic) bond motifs is 3. The number of carbonyl (C=O) groups is 1. The van der Waals surface area contributed by atoms with Crippen molar-refractivity contribution in [2.24, 2.45) is 0 Å². The van der Waals surface area contributed by atoms with E-state index in [4.69, 9.17) is 23.7 Å². The smallest absolute Gasteiger partial charge is 0.263 e. The van der Waals surface area contributed by atoms with Crippen molar-refractivity contribution < 1.29 is 36.9 Å². The van der Waals surface area contributed by atoms with Crippen molar-refractivity contribution in [2.45, 2.75) is 111 Å². The number of benzene rings is 1. The standard InChI is InChI=1S/C29H35N3O8S/c33-26(31-19-10-12-20(13-11-19)41(34,35)32-21-9-3-8-18-30-21)24-22-23(38-28(37-22)14-4-1-5-15-28)25-27(36-24)40-29(39-25)16-6-2-7-17-29/h3,8-13,18,22-25,27H,1-2,4-7,14-17H2,(H,30,32)(H,31,33)/t22-,23+,24+,25-,27-/m0/s1. The molecule has 220 valence electrons. The van der Waals surface area contributed by atoms with Gasteiger partial charge in [-0.3, -0.25) is 9.52 Å². The predicted molar refractivity (Wildman–Crippen MR) is 146 cm³/mol. The summed E-state index contributed by atoms with van der Waals surface area (Å²) >= 11 is 0. The van der Waals surface area contributed by atoms with Crippen molar-refractivity contribution in [3.63, 3.8) is 0 Å². The average Bonchev–Trinajstić information content (AvgIpc) is 3.51. The zero-order chi connectivity index (χ0) is 28.1. The predicted octanol–water partition coefficient (Wildman–Crippen LogP) is 4.07. The fourth-order valence-corrected chi connectivity index (χ4v) is 7.73. The first-order chi connectivity index (χ1) is 19.8. The quantitative estimate of drug-likeness (QED) is 0.533. The second-order valence-electron chi connectivity index (χ2n) is 11.6. The van der Waals surface area contributed by atoms with Gasteiger partial charge in [-0.05, 0) is 62.1 Å². The Labute approximate surface area is 239 Å². The number of aromatic nitrogens is 1. The van der Waals surface area contributed by atoms with Crippen molar-refractivity contribution >= 4 is 27.4 Å². The SMILES string of the molecule is O=C(Nc1ccc(S(=O)(=O)Nc2ccccn2)cc1)[C@@H]1O[C@H]2OC3(CCCCC3)O[C@H]2[C@@H]2OC3(CCCCC3)O[C@@H]21. The minimum Gasteiger partial charge on any atom is -0.341 e. The van der Waals surface area contributed by atoms with Gasteiger partial charge in [-0.1, -0.05) is 18.9 Å². The maximum absolute atomic E-state index is 13.7. The van der Waals surface area contributed by atoms with E-state index in [2.05, 4.69) is 15.0 Å². The number of nitrogens with zero attached hydrogens (tertiary/aromatic N) is 1. The summed E-state index contributed by atoms with van der Waals surface area (Å²) in [4.78, 5) is 17.7. The molecule has 0 unspecified atom stereocenters. The number of hydrogen-bond donors (Lipinski definition) is 2. The highest BCUT2D eigenvalue weighted by Crippen LogP contribution is 2.51. The zero-order valence-electron chi connectivity index (χ0n) is 22.7. The molecule has 0 bridgehead atoms. The van der Waals surface area contributed by atoms with Gasteiger partial charge in [0, 0.05) is 37.6 Å². The number of amides is 1. The van der Waals surface area contributed by atoms with E-state index >= 15 is 0 Å². The van der Waals surface area contributed by atoms with Gasteiger partial charge in [-0.25, -0.2) is 13.4 Å². The summed E-state index contributed by atoms with van der Waals surface area (Å²) in [5, 5.41) is 2.87. The van der Waals surface area contributed by atoms with Gasteiger partial charge in [0.2, 0.25) is 0 Å². The summed E-state index contributed by atoms with van der Waals surface area (Å²) in [6.07, 6.45) is 7.56. The van der Waals surface area contributed by atoms with Crippen molar-refractivity contribution in [1.82, 2.24) is 4.98 Å². The number of ether oxygens (including phenoxy) is 5. The minimum absolute atomic E-state index is 0.0408. The van der Waals surface area contributed by atoms with Crippen LogP contribution in [0.4, 0.5) is 11.5 Å². The summed E-state index contributed by atoms with van der Waals surface area (Å²) in [6, 6.07) is 10.9. The van der Waals surface area contributed by atoms with Crippen LogP contribution in [-0.4, -0.2) is 61.6 Å². The third-order valence-corrected chi connectivity index (χ3v) is 10.1. The second-order valence-corrected chi connectivity index (χ2v) is 13.2. The fraction of sp³-hybridized carbons (Fsp3) is 0.586. The summed E-state index contributed by atoms with van der Waals surface area (Å²) in [7, 11) is -3.85. The van der Waals surface area contributed by atoms with Gasteiger partial charge in [0.15, 0.2) is 24.0 Å². The fourth-order valence-electron chi connectivity index (χ4n) is 6.72. The number of pyridine rings is 1. The summed E-state index contributed by atoms with van der Waals surface area (Å²) < 4.78 is 60.3. The zero-order valence-corrected chi connectivity index (χ0v) is 23.5. The van der Waals surface area contributed by atoms with Crippen LogP contribution in [0.25, 0.3) is 0 Å². The highest BCUT2D eigenvalue weighted by molar-refractivity contribution is 7.92. The topological polar surface area (TPSA) is 134 Å². The lowest BCUT2D eigenvalue weighted by atomic mass is 9.94. The van der Waals surface area contributed by atoms with Crippen molar-refractivity contribution in [1.29, 1.82) is 0 Å². The maximum Gasteiger partial charge on any atom is 0.263 e. The molecule has 7 rings (SSSR count). The summed E-state index contributed by atoms with van der Waals surface area (Å²) in [5.74, 6) is -1.65. The monoisotopic (exact) mass is 585 g/mol. The molecule has 5 fully saturated rings. The molecule has 1 aromatic heterocycles. The van der Waals surface area contributed by atoms with E-state index in [0.717, 1.165) is 64.2 Å². The van der Waals surface area contributed by atoms with Gasteiger partial charge in [-0.2, -0.15) is 0 Å². The molecule has 2 N–H and O–H groups in total. The molecule has 41 heavy (non-hydrogen) atoms. The Kier molecular flexibility index (Phi) is 7.03. The third kappa shape index (κ3) is 5.26. The number of nitrogens with one attached hydrogen (secondary N) is 2. The molecule has 2 spiro atoms. The lowest BCUT2D eigenvalue weighted by Crippen LogP contribution is -2.58. The van der Waals surface area contributed by atoms with Crippen molar-refractivity contribution in [3.05, 3.63) is 48.7 Å². The molecule has 3 saturated heterocycles. The minimum atomic E-state index is -3.85. The molecular formula is C29H35N3O8S. The molecule has 1 aromatic carbocycles. The second kappa shape index (κ2) is 10.6. The van der Waals surface area contributed by atoms with Crippen LogP contribution in [0.5, 0.6) is 0 Å². The number of rotatable bonds is 5. The molecular weight excluding hydrogens is 550 g/mol. The molecule has 5 atom stereocenters. The molecule has 1 amide bonds. The van der Waals surface area contributed by atoms with E-state index < -0.39 is 58.2 Å². The Morgan fingerprint density at radius 2 is 1.41 bits per heavy atom. The van der Waals surface area contributed by atoms with Gasteiger partial charge >= 0.3 is 0 Å². The Morgan fingerprint density at radius 1 is 0.780 bits per heavy atom. The Morgan fingerprint density at radius 3 is 2.07 bits per heavy atom. The van der Waals surface area contributed by atoms with Gasteiger partial charge < -0.3 is 29.0 Å². The molecule has 0 radical (unpaired) electrons. The van der Waals surface area contributed by atoms with Gasteiger partial charge in [0.05, 0.1) is 4.90 Å². The molecule has 2 saturated carbocycles. The van der Waals surface area contributed by atoms with Crippen LogP contribution in [0.3, 0.4) is 0 Å². The molecule has 11 nitrogen and oxygen atoms in total. The largest absolute Gasteiger partial charge is 0.341 e. The van der Waals surface area contributed by atoms with Crippen LogP contribution < -0.4 is 10.0 Å². The van der Waals surface area contributed by atoms with E-state index in [9.17, 15) is 13.2 Å².